The molecule has 0 amide bonds. The van der Waals surface area contributed by atoms with Crippen molar-refractivity contribution < 1.29 is 0 Å². The molecule has 0 spiro atoms. The number of imidazole rings is 1. The van der Waals surface area contributed by atoms with Gasteiger partial charge in [-0.1, -0.05) is 0 Å². The molecule has 0 unspecified atom stereocenters. The summed E-state index contributed by atoms with van der Waals surface area (Å²) in [5.74, 6) is 1.06. The van der Waals surface area contributed by atoms with Crippen molar-refractivity contribution in [1.82, 2.24) is 19.7 Å². The lowest BCUT2D eigenvalue weighted by Crippen LogP contribution is -2.23. The molecule has 0 aromatic carbocycles. The van der Waals surface area contributed by atoms with Crippen LogP contribution in [-0.2, 0) is 13.0 Å². The molecule has 21 heavy (non-hydrogen) atoms. The Morgan fingerprint density at radius 2 is 2.14 bits per heavy atom. The minimum Gasteiger partial charge on any atom is -0.358 e. The molecule has 3 aromatic heterocycles. The number of rotatable bonds is 6. The number of nitrogens with zero attached hydrogens (tertiary/aromatic N) is 4. The number of aromatic nitrogens is 3. The predicted octanol–water partition coefficient (Wildman–Crippen LogP) is 2.19. The van der Waals surface area contributed by atoms with E-state index in [9.17, 15) is 0 Å². The second-order valence-electron chi connectivity index (χ2n) is 5.00. The molecule has 0 aliphatic rings. The van der Waals surface area contributed by atoms with Crippen molar-refractivity contribution in [2.75, 3.05) is 25.5 Å². The maximum absolute atomic E-state index is 4.76. The first-order chi connectivity index (χ1) is 10.3. The van der Waals surface area contributed by atoms with Crippen molar-refractivity contribution in [3.05, 3.63) is 47.4 Å². The summed E-state index contributed by atoms with van der Waals surface area (Å²) in [5, 5.41) is 5.30. The summed E-state index contributed by atoms with van der Waals surface area (Å²) in [7, 11) is 4.07. The topological polar surface area (TPSA) is 45.5 Å². The van der Waals surface area contributed by atoms with Crippen LogP contribution in [0.15, 0.2) is 36.1 Å². The standard InChI is InChI=1S/C15H19N5S/c1-16-11-13-14(18-15-20(13)9-10-21-15)19(2)8-5-12-3-6-17-7-4-12/h3-4,6-7,9-10,16H,5,8,11H2,1-2H3. The van der Waals surface area contributed by atoms with E-state index in [-0.39, 0.29) is 0 Å². The third-order valence-electron chi connectivity index (χ3n) is 3.53. The molecular formula is C15H19N5S. The summed E-state index contributed by atoms with van der Waals surface area (Å²) < 4.78 is 2.17. The van der Waals surface area contributed by atoms with Crippen molar-refractivity contribution in [3.8, 4) is 0 Å². The Kier molecular flexibility index (Phi) is 4.17. The van der Waals surface area contributed by atoms with Crippen molar-refractivity contribution in [2.45, 2.75) is 13.0 Å². The van der Waals surface area contributed by atoms with Gasteiger partial charge >= 0.3 is 0 Å². The van der Waals surface area contributed by atoms with Crippen molar-refractivity contribution in [3.63, 3.8) is 0 Å². The van der Waals surface area contributed by atoms with Gasteiger partial charge in [-0.25, -0.2) is 4.98 Å². The third kappa shape index (κ3) is 2.91. The van der Waals surface area contributed by atoms with E-state index >= 15 is 0 Å². The molecule has 0 atom stereocenters. The zero-order valence-corrected chi connectivity index (χ0v) is 13.1. The number of pyridine rings is 1. The number of thiazole rings is 1. The van der Waals surface area contributed by atoms with Crippen molar-refractivity contribution in [2.24, 2.45) is 0 Å². The lowest BCUT2D eigenvalue weighted by atomic mass is 10.2. The number of hydrogen-bond donors (Lipinski definition) is 1. The van der Waals surface area contributed by atoms with Gasteiger partial charge in [-0.3, -0.25) is 9.38 Å². The quantitative estimate of drug-likeness (QED) is 0.758. The minimum atomic E-state index is 0.812. The highest BCUT2D eigenvalue weighted by Crippen LogP contribution is 2.24. The summed E-state index contributed by atoms with van der Waals surface area (Å²) in [5.41, 5.74) is 2.51. The van der Waals surface area contributed by atoms with E-state index < -0.39 is 0 Å². The van der Waals surface area contributed by atoms with Crippen molar-refractivity contribution in [1.29, 1.82) is 0 Å². The van der Waals surface area contributed by atoms with Gasteiger partial charge in [0.2, 0.25) is 0 Å². The Bertz CT molecular complexity index is 703. The predicted molar refractivity (Wildman–Crippen MR) is 87.0 cm³/mol. The average Bonchev–Trinajstić information content (AvgIpc) is 3.09. The van der Waals surface area contributed by atoms with E-state index in [2.05, 4.69) is 50.4 Å². The first kappa shape index (κ1) is 14.0. The van der Waals surface area contributed by atoms with Crippen LogP contribution in [0.3, 0.4) is 0 Å². The van der Waals surface area contributed by atoms with E-state index in [1.54, 1.807) is 11.3 Å². The molecule has 0 aliphatic carbocycles. The SMILES string of the molecule is CNCc1c(N(C)CCc2ccncc2)nc2sccn12. The smallest absolute Gasteiger partial charge is 0.195 e. The molecule has 110 valence electrons. The second kappa shape index (κ2) is 6.24. The van der Waals surface area contributed by atoms with Gasteiger partial charge in [0.1, 0.15) is 0 Å². The largest absolute Gasteiger partial charge is 0.358 e. The maximum atomic E-state index is 4.76. The monoisotopic (exact) mass is 301 g/mol. The van der Waals surface area contributed by atoms with Gasteiger partial charge < -0.3 is 10.2 Å². The molecule has 3 heterocycles. The minimum absolute atomic E-state index is 0.812. The van der Waals surface area contributed by atoms with Crippen LogP contribution >= 0.6 is 11.3 Å². The van der Waals surface area contributed by atoms with Gasteiger partial charge in [-0.15, -0.1) is 11.3 Å². The molecule has 0 fully saturated rings. The summed E-state index contributed by atoms with van der Waals surface area (Å²) >= 11 is 1.67. The van der Waals surface area contributed by atoms with Gasteiger partial charge in [-0.05, 0) is 31.2 Å². The molecule has 5 nitrogen and oxygen atoms in total. The fourth-order valence-electron chi connectivity index (χ4n) is 2.41. The van der Waals surface area contributed by atoms with Crippen molar-refractivity contribution >= 4 is 22.1 Å². The third-order valence-corrected chi connectivity index (χ3v) is 4.29. The molecule has 1 N–H and O–H groups in total. The first-order valence-corrected chi connectivity index (χ1v) is 7.86. The van der Waals surface area contributed by atoms with Crippen LogP contribution in [0.25, 0.3) is 4.96 Å². The second-order valence-corrected chi connectivity index (χ2v) is 5.87. The van der Waals surface area contributed by atoms with Gasteiger partial charge in [-0.2, -0.15) is 0 Å². The molecule has 0 aliphatic heterocycles. The molecule has 0 saturated heterocycles. The lowest BCUT2D eigenvalue weighted by Gasteiger charge is -2.18. The number of nitrogens with one attached hydrogen (secondary N) is 1. The number of hydrogen-bond acceptors (Lipinski definition) is 5. The molecule has 6 heteroatoms. The van der Waals surface area contributed by atoms with Gasteiger partial charge in [0.05, 0.1) is 5.69 Å². The molecule has 0 bridgehead atoms. The molecular weight excluding hydrogens is 282 g/mol. The van der Waals surface area contributed by atoms with E-state index in [1.807, 2.05) is 19.4 Å². The van der Waals surface area contributed by atoms with Crippen LogP contribution in [-0.4, -0.2) is 35.0 Å². The molecule has 0 radical (unpaired) electrons. The lowest BCUT2D eigenvalue weighted by molar-refractivity contribution is 0.770. The Labute approximate surface area is 128 Å². The van der Waals surface area contributed by atoms with Crippen LogP contribution in [0.1, 0.15) is 11.3 Å². The van der Waals surface area contributed by atoms with E-state index in [1.165, 1.54) is 11.3 Å². The van der Waals surface area contributed by atoms with Crippen LogP contribution in [0.5, 0.6) is 0 Å². The van der Waals surface area contributed by atoms with Crippen LogP contribution in [0.2, 0.25) is 0 Å². The summed E-state index contributed by atoms with van der Waals surface area (Å²) in [6, 6.07) is 4.13. The van der Waals surface area contributed by atoms with Crippen LogP contribution in [0, 0.1) is 0 Å². The molecule has 3 aromatic rings. The Balaban J connectivity index is 1.78. The number of fused-ring (bicyclic) bond motifs is 1. The Hall–Kier alpha value is -1.92. The van der Waals surface area contributed by atoms with E-state index in [4.69, 9.17) is 4.98 Å². The summed E-state index contributed by atoms with van der Waals surface area (Å²) in [6.45, 7) is 1.75. The van der Waals surface area contributed by atoms with E-state index in [0.717, 1.165) is 30.3 Å². The van der Waals surface area contributed by atoms with Gasteiger partial charge in [0.25, 0.3) is 0 Å². The zero-order valence-electron chi connectivity index (χ0n) is 12.3. The highest BCUT2D eigenvalue weighted by Gasteiger charge is 2.15. The molecule has 3 rings (SSSR count). The van der Waals surface area contributed by atoms with Crippen LogP contribution in [0.4, 0.5) is 5.82 Å². The van der Waals surface area contributed by atoms with Crippen LogP contribution < -0.4 is 10.2 Å². The highest BCUT2D eigenvalue weighted by atomic mass is 32.1. The van der Waals surface area contributed by atoms with E-state index in [0.29, 0.717) is 0 Å². The summed E-state index contributed by atoms with van der Waals surface area (Å²) in [4.78, 5) is 12.1. The Morgan fingerprint density at radius 3 is 2.90 bits per heavy atom. The van der Waals surface area contributed by atoms with Gasteiger partial charge in [0, 0.05) is 44.1 Å². The maximum Gasteiger partial charge on any atom is 0.195 e. The number of anilines is 1. The van der Waals surface area contributed by atoms with Gasteiger partial charge in [0.15, 0.2) is 10.8 Å². The zero-order chi connectivity index (χ0) is 14.7. The normalized spacial score (nSPS) is 11.1. The fraction of sp³-hybridized carbons (Fsp3) is 0.333. The average molecular weight is 301 g/mol. The Morgan fingerprint density at radius 1 is 1.33 bits per heavy atom. The first-order valence-electron chi connectivity index (χ1n) is 6.98. The molecule has 0 saturated carbocycles. The summed E-state index contributed by atoms with van der Waals surface area (Å²) in [6.07, 6.45) is 6.76. The number of likely N-dealkylation sites (N-methyl/N-ethyl adjacent to an activating group) is 1. The highest BCUT2D eigenvalue weighted by molar-refractivity contribution is 7.15. The fourth-order valence-corrected chi connectivity index (χ4v) is 3.14.